The standard InChI is InChI=1S/C10H12FNO2/c11-9-2-1-5-12-10(9)14-8-3-6-13-7-4-8/h1-2,5,8H,3-4,6-7H2. The summed E-state index contributed by atoms with van der Waals surface area (Å²) in [6.45, 7) is 1.36. The molecule has 1 aromatic rings. The highest BCUT2D eigenvalue weighted by atomic mass is 19.1. The molecule has 0 aromatic carbocycles. The molecule has 0 N–H and O–H groups in total. The average molecular weight is 197 g/mol. The van der Waals surface area contributed by atoms with Gasteiger partial charge in [0.1, 0.15) is 6.10 Å². The Hall–Kier alpha value is -1.16. The Morgan fingerprint density at radius 1 is 1.43 bits per heavy atom. The zero-order valence-corrected chi connectivity index (χ0v) is 7.78. The molecular formula is C10H12FNO2. The number of hydrogen-bond acceptors (Lipinski definition) is 3. The maximum absolute atomic E-state index is 13.1. The fourth-order valence-corrected chi connectivity index (χ4v) is 1.41. The van der Waals surface area contributed by atoms with Crippen molar-refractivity contribution in [3.05, 3.63) is 24.1 Å². The maximum Gasteiger partial charge on any atom is 0.250 e. The van der Waals surface area contributed by atoms with E-state index in [1.807, 2.05) is 0 Å². The van der Waals surface area contributed by atoms with E-state index in [4.69, 9.17) is 9.47 Å². The minimum absolute atomic E-state index is 0.0353. The summed E-state index contributed by atoms with van der Waals surface area (Å²) in [6.07, 6.45) is 3.16. The summed E-state index contributed by atoms with van der Waals surface area (Å²) < 4.78 is 23.7. The second kappa shape index (κ2) is 4.37. The van der Waals surface area contributed by atoms with E-state index in [1.54, 1.807) is 6.07 Å². The van der Waals surface area contributed by atoms with Gasteiger partial charge in [-0.25, -0.2) is 9.37 Å². The van der Waals surface area contributed by atoms with Gasteiger partial charge in [-0.1, -0.05) is 0 Å². The molecule has 3 nitrogen and oxygen atoms in total. The number of halogens is 1. The Bertz CT molecular complexity index is 300. The molecule has 0 saturated carbocycles. The highest BCUT2D eigenvalue weighted by Gasteiger charge is 2.17. The Labute approximate surface area is 81.9 Å². The summed E-state index contributed by atoms with van der Waals surface area (Å²) >= 11 is 0. The van der Waals surface area contributed by atoms with Crippen LogP contribution >= 0.6 is 0 Å². The van der Waals surface area contributed by atoms with Crippen LogP contribution in [0.4, 0.5) is 4.39 Å². The molecular weight excluding hydrogens is 185 g/mol. The Morgan fingerprint density at radius 2 is 2.21 bits per heavy atom. The van der Waals surface area contributed by atoms with Crippen molar-refractivity contribution >= 4 is 0 Å². The van der Waals surface area contributed by atoms with E-state index in [1.165, 1.54) is 12.3 Å². The lowest BCUT2D eigenvalue weighted by Crippen LogP contribution is -2.26. The summed E-state index contributed by atoms with van der Waals surface area (Å²) in [5, 5.41) is 0. The molecule has 0 atom stereocenters. The number of ether oxygens (including phenoxy) is 2. The van der Waals surface area contributed by atoms with Gasteiger partial charge in [-0.15, -0.1) is 0 Å². The zero-order chi connectivity index (χ0) is 9.80. The van der Waals surface area contributed by atoms with Crippen molar-refractivity contribution in [3.8, 4) is 5.88 Å². The predicted octanol–water partition coefficient (Wildman–Crippen LogP) is 1.78. The zero-order valence-electron chi connectivity index (χ0n) is 7.78. The van der Waals surface area contributed by atoms with Crippen molar-refractivity contribution in [2.24, 2.45) is 0 Å². The Kier molecular flexibility index (Phi) is 2.93. The van der Waals surface area contributed by atoms with Crippen LogP contribution in [0.25, 0.3) is 0 Å². The molecule has 0 aliphatic carbocycles. The monoisotopic (exact) mass is 197 g/mol. The molecule has 0 bridgehead atoms. The smallest absolute Gasteiger partial charge is 0.250 e. The molecule has 1 aliphatic heterocycles. The lowest BCUT2D eigenvalue weighted by atomic mass is 10.1. The first-order chi connectivity index (χ1) is 6.86. The fraction of sp³-hybridized carbons (Fsp3) is 0.500. The molecule has 1 fully saturated rings. The van der Waals surface area contributed by atoms with Crippen molar-refractivity contribution in [1.82, 2.24) is 4.98 Å². The van der Waals surface area contributed by atoms with E-state index in [0.717, 1.165) is 12.8 Å². The van der Waals surface area contributed by atoms with E-state index in [2.05, 4.69) is 4.98 Å². The minimum atomic E-state index is -0.404. The molecule has 0 spiro atoms. The van der Waals surface area contributed by atoms with Gasteiger partial charge >= 0.3 is 0 Å². The molecule has 14 heavy (non-hydrogen) atoms. The van der Waals surface area contributed by atoms with E-state index in [0.29, 0.717) is 13.2 Å². The van der Waals surface area contributed by atoms with Crippen molar-refractivity contribution in [1.29, 1.82) is 0 Å². The summed E-state index contributed by atoms with van der Waals surface area (Å²) in [5.74, 6) is -0.307. The molecule has 0 unspecified atom stereocenters. The van der Waals surface area contributed by atoms with Crippen LogP contribution in [-0.4, -0.2) is 24.3 Å². The first-order valence-electron chi connectivity index (χ1n) is 4.71. The third-order valence-electron chi connectivity index (χ3n) is 2.17. The van der Waals surface area contributed by atoms with Crippen LogP contribution in [-0.2, 0) is 4.74 Å². The molecule has 1 aliphatic rings. The van der Waals surface area contributed by atoms with E-state index < -0.39 is 5.82 Å². The molecule has 1 saturated heterocycles. The van der Waals surface area contributed by atoms with Crippen LogP contribution in [0.2, 0.25) is 0 Å². The van der Waals surface area contributed by atoms with Gasteiger partial charge in [0.25, 0.3) is 5.88 Å². The molecule has 1 aromatic heterocycles. The lowest BCUT2D eigenvalue weighted by Gasteiger charge is -2.22. The molecule has 76 valence electrons. The van der Waals surface area contributed by atoms with Gasteiger partial charge in [-0.05, 0) is 12.1 Å². The Balaban J connectivity index is 1.99. The first kappa shape index (κ1) is 9.40. The van der Waals surface area contributed by atoms with Crippen LogP contribution in [0.3, 0.4) is 0 Å². The van der Waals surface area contributed by atoms with Crippen molar-refractivity contribution in [3.63, 3.8) is 0 Å². The van der Waals surface area contributed by atoms with Gasteiger partial charge in [0.2, 0.25) is 0 Å². The van der Waals surface area contributed by atoms with Crippen LogP contribution in [0.1, 0.15) is 12.8 Å². The van der Waals surface area contributed by atoms with Gasteiger partial charge < -0.3 is 9.47 Å². The number of hydrogen-bond donors (Lipinski definition) is 0. The van der Waals surface area contributed by atoms with Crippen molar-refractivity contribution in [2.45, 2.75) is 18.9 Å². The number of nitrogens with zero attached hydrogens (tertiary/aromatic N) is 1. The fourth-order valence-electron chi connectivity index (χ4n) is 1.41. The minimum Gasteiger partial charge on any atom is -0.472 e. The molecule has 0 amide bonds. The van der Waals surface area contributed by atoms with E-state index in [9.17, 15) is 4.39 Å². The molecule has 2 heterocycles. The Morgan fingerprint density at radius 3 is 2.93 bits per heavy atom. The number of pyridine rings is 1. The quantitative estimate of drug-likeness (QED) is 0.724. The second-order valence-corrected chi connectivity index (χ2v) is 3.22. The van der Waals surface area contributed by atoms with Crippen molar-refractivity contribution < 1.29 is 13.9 Å². The summed E-state index contributed by atoms with van der Waals surface area (Å²) in [5.41, 5.74) is 0. The highest BCUT2D eigenvalue weighted by Crippen LogP contribution is 2.17. The van der Waals surface area contributed by atoms with Gasteiger partial charge in [-0.2, -0.15) is 0 Å². The highest BCUT2D eigenvalue weighted by molar-refractivity contribution is 5.13. The van der Waals surface area contributed by atoms with Gasteiger partial charge in [0, 0.05) is 19.0 Å². The van der Waals surface area contributed by atoms with Crippen LogP contribution < -0.4 is 4.74 Å². The predicted molar refractivity (Wildman–Crippen MR) is 48.7 cm³/mol. The summed E-state index contributed by atoms with van der Waals surface area (Å²) in [7, 11) is 0. The maximum atomic E-state index is 13.1. The third kappa shape index (κ3) is 2.20. The van der Waals surface area contributed by atoms with Gasteiger partial charge in [-0.3, -0.25) is 0 Å². The van der Waals surface area contributed by atoms with Crippen LogP contribution in [0.15, 0.2) is 18.3 Å². The number of aromatic nitrogens is 1. The van der Waals surface area contributed by atoms with Gasteiger partial charge in [0.05, 0.1) is 13.2 Å². The molecule has 0 radical (unpaired) electrons. The van der Waals surface area contributed by atoms with Crippen LogP contribution in [0, 0.1) is 5.82 Å². The van der Waals surface area contributed by atoms with E-state index in [-0.39, 0.29) is 12.0 Å². The summed E-state index contributed by atoms with van der Waals surface area (Å²) in [6, 6.07) is 2.90. The van der Waals surface area contributed by atoms with Crippen LogP contribution in [0.5, 0.6) is 5.88 Å². The largest absolute Gasteiger partial charge is 0.472 e. The normalized spacial score (nSPS) is 18.1. The topological polar surface area (TPSA) is 31.4 Å². The van der Waals surface area contributed by atoms with Gasteiger partial charge in [0.15, 0.2) is 5.82 Å². The lowest BCUT2D eigenvalue weighted by molar-refractivity contribution is 0.0220. The van der Waals surface area contributed by atoms with E-state index >= 15 is 0 Å². The van der Waals surface area contributed by atoms with Crippen molar-refractivity contribution in [2.75, 3.05) is 13.2 Å². The average Bonchev–Trinajstić information content (AvgIpc) is 2.23. The molecule has 4 heteroatoms. The SMILES string of the molecule is Fc1cccnc1OC1CCOCC1. The summed E-state index contributed by atoms with van der Waals surface area (Å²) in [4.78, 5) is 3.83. The molecule has 2 rings (SSSR count). The number of rotatable bonds is 2. The second-order valence-electron chi connectivity index (χ2n) is 3.22. The first-order valence-corrected chi connectivity index (χ1v) is 4.71. The third-order valence-corrected chi connectivity index (χ3v) is 2.17.